The Morgan fingerprint density at radius 2 is 2.07 bits per heavy atom. The molecular formula is C11H14ClNO2. The number of aliphatic carboxylic acids is 1. The highest BCUT2D eigenvalue weighted by Crippen LogP contribution is 2.32. The fourth-order valence-electron chi connectivity index (χ4n) is 2.07. The minimum atomic E-state index is -0.785. The normalized spacial score (nSPS) is 23.8. The Balaban J connectivity index is 0.00000112. The quantitative estimate of drug-likeness (QED) is 0.769. The summed E-state index contributed by atoms with van der Waals surface area (Å²) < 4.78 is 0. The van der Waals surface area contributed by atoms with Crippen LogP contribution in [-0.2, 0) is 11.2 Å². The van der Waals surface area contributed by atoms with Gasteiger partial charge in [0.25, 0.3) is 0 Å². The maximum Gasteiger partial charge on any atom is 0.308 e. The van der Waals surface area contributed by atoms with Crippen LogP contribution < -0.4 is 5.73 Å². The first-order chi connectivity index (χ1) is 6.70. The predicted octanol–water partition coefficient (Wildman–Crippen LogP) is 1.76. The van der Waals surface area contributed by atoms with Gasteiger partial charge < -0.3 is 10.8 Å². The van der Waals surface area contributed by atoms with E-state index in [1.165, 1.54) is 5.56 Å². The van der Waals surface area contributed by atoms with Crippen molar-refractivity contribution in [1.82, 2.24) is 0 Å². The highest BCUT2D eigenvalue weighted by atomic mass is 35.5. The Bertz CT molecular complexity index is 367. The second kappa shape index (κ2) is 4.64. The average Bonchev–Trinajstić information content (AvgIpc) is 2.18. The Hall–Kier alpha value is -1.06. The zero-order chi connectivity index (χ0) is 10.1. The van der Waals surface area contributed by atoms with Crippen molar-refractivity contribution in [3.63, 3.8) is 0 Å². The molecule has 15 heavy (non-hydrogen) atoms. The van der Waals surface area contributed by atoms with Crippen molar-refractivity contribution in [1.29, 1.82) is 0 Å². The van der Waals surface area contributed by atoms with Crippen LogP contribution in [0.25, 0.3) is 0 Å². The van der Waals surface area contributed by atoms with Crippen LogP contribution in [0.4, 0.5) is 0 Å². The van der Waals surface area contributed by atoms with E-state index in [-0.39, 0.29) is 18.4 Å². The molecular weight excluding hydrogens is 214 g/mol. The van der Waals surface area contributed by atoms with Gasteiger partial charge in [-0.3, -0.25) is 4.79 Å². The van der Waals surface area contributed by atoms with Crippen LogP contribution in [-0.4, -0.2) is 11.1 Å². The van der Waals surface area contributed by atoms with E-state index in [4.69, 9.17) is 10.8 Å². The van der Waals surface area contributed by atoms with Gasteiger partial charge in [0.05, 0.1) is 5.92 Å². The maximum absolute atomic E-state index is 10.9. The van der Waals surface area contributed by atoms with Crippen molar-refractivity contribution in [2.75, 3.05) is 0 Å². The van der Waals surface area contributed by atoms with Gasteiger partial charge in [0, 0.05) is 6.04 Å². The van der Waals surface area contributed by atoms with Crippen LogP contribution in [0.15, 0.2) is 24.3 Å². The van der Waals surface area contributed by atoms with Crippen molar-refractivity contribution in [2.45, 2.75) is 18.9 Å². The van der Waals surface area contributed by atoms with E-state index in [2.05, 4.69) is 0 Å². The highest BCUT2D eigenvalue weighted by Gasteiger charge is 2.31. The second-order valence-corrected chi connectivity index (χ2v) is 3.71. The predicted molar refractivity (Wildman–Crippen MR) is 60.1 cm³/mol. The number of fused-ring (bicyclic) bond motifs is 1. The molecule has 1 aliphatic carbocycles. The molecule has 4 heteroatoms. The molecule has 1 aliphatic rings. The van der Waals surface area contributed by atoms with Gasteiger partial charge in [-0.25, -0.2) is 0 Å². The van der Waals surface area contributed by atoms with E-state index < -0.39 is 11.9 Å². The number of hydrogen-bond acceptors (Lipinski definition) is 2. The van der Waals surface area contributed by atoms with E-state index in [0.29, 0.717) is 6.42 Å². The molecule has 0 spiro atoms. The molecule has 1 aromatic carbocycles. The van der Waals surface area contributed by atoms with Gasteiger partial charge in [-0.15, -0.1) is 12.4 Å². The molecule has 0 aliphatic heterocycles. The largest absolute Gasteiger partial charge is 0.481 e. The number of carboxylic acids is 1. The van der Waals surface area contributed by atoms with Gasteiger partial charge in [-0.05, 0) is 24.0 Å². The molecule has 3 nitrogen and oxygen atoms in total. The number of carbonyl (C=O) groups is 1. The lowest BCUT2D eigenvalue weighted by atomic mass is 9.80. The van der Waals surface area contributed by atoms with Crippen LogP contribution in [0.3, 0.4) is 0 Å². The van der Waals surface area contributed by atoms with Crippen molar-refractivity contribution >= 4 is 18.4 Å². The monoisotopic (exact) mass is 227 g/mol. The maximum atomic E-state index is 10.9. The number of benzene rings is 1. The van der Waals surface area contributed by atoms with Gasteiger partial charge in [0.15, 0.2) is 0 Å². The van der Waals surface area contributed by atoms with Crippen LogP contribution in [0.2, 0.25) is 0 Å². The van der Waals surface area contributed by atoms with Crippen molar-refractivity contribution in [2.24, 2.45) is 11.7 Å². The molecule has 2 atom stereocenters. The van der Waals surface area contributed by atoms with Crippen LogP contribution in [0, 0.1) is 5.92 Å². The Kier molecular flexibility index (Phi) is 3.72. The molecule has 0 amide bonds. The van der Waals surface area contributed by atoms with Crippen LogP contribution in [0.1, 0.15) is 23.6 Å². The van der Waals surface area contributed by atoms with Crippen molar-refractivity contribution < 1.29 is 9.90 Å². The average molecular weight is 228 g/mol. The summed E-state index contributed by atoms with van der Waals surface area (Å²) in [6.07, 6.45) is 1.47. The van der Waals surface area contributed by atoms with E-state index in [1.807, 2.05) is 24.3 Å². The van der Waals surface area contributed by atoms with Crippen molar-refractivity contribution in [3.8, 4) is 0 Å². The fourth-order valence-corrected chi connectivity index (χ4v) is 2.07. The lowest BCUT2D eigenvalue weighted by molar-refractivity contribution is -0.143. The molecule has 0 aromatic heterocycles. The lowest BCUT2D eigenvalue weighted by Gasteiger charge is -2.27. The summed E-state index contributed by atoms with van der Waals surface area (Å²) in [5.74, 6) is -1.21. The summed E-state index contributed by atoms with van der Waals surface area (Å²) in [5.41, 5.74) is 8.09. The number of halogens is 1. The molecule has 0 saturated heterocycles. The fraction of sp³-hybridized carbons (Fsp3) is 0.364. The summed E-state index contributed by atoms with van der Waals surface area (Å²) in [6.45, 7) is 0. The van der Waals surface area contributed by atoms with Gasteiger partial charge in [-0.2, -0.15) is 0 Å². The SMILES string of the molecule is Cl.N[C@H]1c2ccccc2CC[C@@H]1C(=O)O. The standard InChI is InChI=1S/C11H13NO2.ClH/c12-10-8-4-2-1-3-7(8)5-6-9(10)11(13)14;/h1-4,9-10H,5-6,12H2,(H,13,14);1H/t9-,10-;/m0./s1. The molecule has 0 unspecified atom stereocenters. The van der Waals surface area contributed by atoms with Crippen molar-refractivity contribution in [3.05, 3.63) is 35.4 Å². The minimum absolute atomic E-state index is 0. The summed E-state index contributed by atoms with van der Waals surface area (Å²) in [7, 11) is 0. The molecule has 1 aromatic rings. The zero-order valence-corrected chi connectivity index (χ0v) is 9.04. The van der Waals surface area contributed by atoms with Gasteiger partial charge in [-0.1, -0.05) is 24.3 Å². The van der Waals surface area contributed by atoms with Gasteiger partial charge >= 0.3 is 5.97 Å². The molecule has 0 radical (unpaired) electrons. The van der Waals surface area contributed by atoms with Gasteiger partial charge in [0.2, 0.25) is 0 Å². The Labute approximate surface area is 94.7 Å². The van der Waals surface area contributed by atoms with Crippen LogP contribution in [0.5, 0.6) is 0 Å². The number of nitrogens with two attached hydrogens (primary N) is 1. The first kappa shape index (κ1) is 12.0. The Morgan fingerprint density at radius 1 is 1.40 bits per heavy atom. The number of aryl methyl sites for hydroxylation is 1. The molecule has 2 rings (SSSR count). The molecule has 0 bridgehead atoms. The van der Waals surface area contributed by atoms with E-state index in [9.17, 15) is 4.79 Å². The highest BCUT2D eigenvalue weighted by molar-refractivity contribution is 5.85. The second-order valence-electron chi connectivity index (χ2n) is 3.71. The number of rotatable bonds is 1. The summed E-state index contributed by atoms with van der Waals surface area (Å²) in [6, 6.07) is 7.47. The third-order valence-corrected chi connectivity index (χ3v) is 2.89. The molecule has 3 N–H and O–H groups in total. The molecule has 0 fully saturated rings. The molecule has 0 heterocycles. The topological polar surface area (TPSA) is 63.3 Å². The summed E-state index contributed by atoms with van der Waals surface area (Å²) in [5, 5.41) is 8.95. The first-order valence-electron chi connectivity index (χ1n) is 4.76. The number of carboxylic acid groups (broad SMARTS) is 1. The number of hydrogen-bond donors (Lipinski definition) is 2. The zero-order valence-electron chi connectivity index (χ0n) is 8.22. The molecule has 0 saturated carbocycles. The summed E-state index contributed by atoms with van der Waals surface area (Å²) >= 11 is 0. The lowest BCUT2D eigenvalue weighted by Crippen LogP contribution is -2.32. The molecule has 82 valence electrons. The smallest absolute Gasteiger partial charge is 0.308 e. The van der Waals surface area contributed by atoms with Crippen LogP contribution >= 0.6 is 12.4 Å². The summed E-state index contributed by atoms with van der Waals surface area (Å²) in [4.78, 5) is 10.9. The Morgan fingerprint density at radius 3 is 2.73 bits per heavy atom. The van der Waals surface area contributed by atoms with E-state index in [1.54, 1.807) is 0 Å². The van der Waals surface area contributed by atoms with Gasteiger partial charge in [0.1, 0.15) is 0 Å². The van der Waals surface area contributed by atoms with E-state index >= 15 is 0 Å². The third kappa shape index (κ3) is 2.13. The third-order valence-electron chi connectivity index (χ3n) is 2.89. The van der Waals surface area contributed by atoms with E-state index in [0.717, 1.165) is 12.0 Å². The minimum Gasteiger partial charge on any atom is -0.481 e. The first-order valence-corrected chi connectivity index (χ1v) is 4.76.